The fraction of sp³-hybridized carbons (Fsp3) is 0.381. The maximum Gasteiger partial charge on any atom is 0.416 e. The summed E-state index contributed by atoms with van der Waals surface area (Å²) < 4.78 is 49.3. The molecule has 1 aliphatic heterocycles. The van der Waals surface area contributed by atoms with Crippen molar-refractivity contribution in [2.75, 3.05) is 18.1 Å². The molecule has 0 aliphatic carbocycles. The first-order valence-electron chi connectivity index (χ1n) is 9.13. The fourth-order valence-corrected chi connectivity index (χ4v) is 3.24. The number of ether oxygens (including phenoxy) is 2. The van der Waals surface area contributed by atoms with E-state index in [0.717, 1.165) is 28.9 Å². The average molecular weight is 393 g/mol. The topological polar surface area (TPSA) is 38.8 Å². The number of fused-ring (bicyclic) bond motifs is 1. The number of halogens is 3. The molecule has 4 nitrogen and oxygen atoms in total. The first kappa shape index (κ1) is 20.2. The molecule has 0 radical (unpaired) electrons. The van der Waals surface area contributed by atoms with E-state index in [2.05, 4.69) is 0 Å². The van der Waals surface area contributed by atoms with Gasteiger partial charge in [0.25, 0.3) is 0 Å². The molecule has 0 spiro atoms. The zero-order valence-electron chi connectivity index (χ0n) is 15.5. The van der Waals surface area contributed by atoms with Gasteiger partial charge in [-0.1, -0.05) is 30.3 Å². The van der Waals surface area contributed by atoms with E-state index in [4.69, 9.17) is 9.47 Å². The number of anilines is 1. The van der Waals surface area contributed by atoms with Gasteiger partial charge >= 0.3 is 12.1 Å². The summed E-state index contributed by atoms with van der Waals surface area (Å²) in [6.07, 6.45) is -4.58. The first-order chi connectivity index (χ1) is 13.4. The van der Waals surface area contributed by atoms with Gasteiger partial charge in [0, 0.05) is 24.3 Å². The summed E-state index contributed by atoms with van der Waals surface area (Å²) in [5.41, 5.74) is 2.00. The summed E-state index contributed by atoms with van der Waals surface area (Å²) in [5, 5.41) is 0. The molecule has 7 heteroatoms. The number of esters is 1. The summed E-state index contributed by atoms with van der Waals surface area (Å²) in [4.78, 5) is 13.9. The van der Waals surface area contributed by atoms with Crippen LogP contribution in [0, 0.1) is 0 Å². The van der Waals surface area contributed by atoms with E-state index >= 15 is 0 Å². The third kappa shape index (κ3) is 5.04. The molecule has 150 valence electrons. The Labute approximate surface area is 161 Å². The van der Waals surface area contributed by atoms with Crippen molar-refractivity contribution < 1.29 is 27.4 Å². The second-order valence-electron chi connectivity index (χ2n) is 6.65. The van der Waals surface area contributed by atoms with Crippen molar-refractivity contribution in [2.45, 2.75) is 38.8 Å². The molecule has 0 fully saturated rings. The van der Waals surface area contributed by atoms with Crippen LogP contribution in [0.2, 0.25) is 0 Å². The standard InChI is InChI=1S/C21H22F3NO3/c1-2-27-20(26)11-18-13-25(19-6-4-3-5-16(19)14-28-18)12-15-7-9-17(10-8-15)21(22,23)24/h3-10,18H,2,11-14H2,1H3. The van der Waals surface area contributed by atoms with E-state index in [0.29, 0.717) is 26.3 Å². The number of benzene rings is 2. The lowest BCUT2D eigenvalue weighted by Crippen LogP contribution is -2.33. The average Bonchev–Trinajstić information content (AvgIpc) is 2.81. The quantitative estimate of drug-likeness (QED) is 0.698. The molecule has 0 N–H and O–H groups in total. The minimum Gasteiger partial charge on any atom is -0.466 e. The third-order valence-electron chi connectivity index (χ3n) is 4.59. The molecule has 0 saturated heterocycles. The van der Waals surface area contributed by atoms with Crippen LogP contribution in [0.4, 0.5) is 18.9 Å². The van der Waals surface area contributed by atoms with Crippen LogP contribution in [-0.2, 0) is 33.6 Å². The predicted octanol–water partition coefficient (Wildman–Crippen LogP) is 4.56. The molecular formula is C21H22F3NO3. The van der Waals surface area contributed by atoms with Gasteiger partial charge in [0.05, 0.1) is 31.3 Å². The molecule has 3 rings (SSSR count). The Morgan fingerprint density at radius 1 is 1.18 bits per heavy atom. The number of nitrogens with zero attached hydrogens (tertiary/aromatic N) is 1. The number of alkyl halides is 3. The second-order valence-corrected chi connectivity index (χ2v) is 6.65. The number of carbonyl (C=O) groups excluding carboxylic acids is 1. The molecule has 1 unspecified atom stereocenters. The maximum absolute atomic E-state index is 12.8. The Balaban J connectivity index is 1.80. The predicted molar refractivity (Wildman–Crippen MR) is 98.8 cm³/mol. The molecule has 28 heavy (non-hydrogen) atoms. The summed E-state index contributed by atoms with van der Waals surface area (Å²) >= 11 is 0. The summed E-state index contributed by atoms with van der Waals surface area (Å²) in [5.74, 6) is -0.326. The van der Waals surface area contributed by atoms with E-state index < -0.39 is 11.7 Å². The van der Waals surface area contributed by atoms with Crippen LogP contribution in [0.15, 0.2) is 48.5 Å². The monoisotopic (exact) mass is 393 g/mol. The zero-order chi connectivity index (χ0) is 20.1. The normalized spacial score (nSPS) is 17.0. The van der Waals surface area contributed by atoms with Crippen LogP contribution in [0.25, 0.3) is 0 Å². The molecule has 1 atom stereocenters. The number of para-hydroxylation sites is 1. The molecule has 0 aromatic heterocycles. The molecule has 0 amide bonds. The van der Waals surface area contributed by atoms with Crippen LogP contribution in [0.5, 0.6) is 0 Å². The third-order valence-corrected chi connectivity index (χ3v) is 4.59. The number of hydrogen-bond acceptors (Lipinski definition) is 4. The van der Waals surface area contributed by atoms with Crippen molar-refractivity contribution in [2.24, 2.45) is 0 Å². The van der Waals surface area contributed by atoms with Gasteiger partial charge in [-0.05, 0) is 30.7 Å². The van der Waals surface area contributed by atoms with Crippen LogP contribution in [0.3, 0.4) is 0 Å². The highest BCUT2D eigenvalue weighted by molar-refractivity contribution is 5.70. The zero-order valence-corrected chi connectivity index (χ0v) is 15.5. The highest BCUT2D eigenvalue weighted by atomic mass is 19.4. The van der Waals surface area contributed by atoms with Gasteiger partial charge in [-0.25, -0.2) is 0 Å². The van der Waals surface area contributed by atoms with Crippen LogP contribution in [0.1, 0.15) is 30.0 Å². The van der Waals surface area contributed by atoms with Gasteiger partial charge in [-0.3, -0.25) is 4.79 Å². The lowest BCUT2D eigenvalue weighted by Gasteiger charge is -2.27. The summed E-state index contributed by atoms with van der Waals surface area (Å²) in [7, 11) is 0. The molecule has 1 heterocycles. The van der Waals surface area contributed by atoms with E-state index in [9.17, 15) is 18.0 Å². The first-order valence-corrected chi connectivity index (χ1v) is 9.13. The van der Waals surface area contributed by atoms with Crippen molar-refractivity contribution in [3.63, 3.8) is 0 Å². The van der Waals surface area contributed by atoms with Crippen molar-refractivity contribution in [3.05, 3.63) is 65.2 Å². The van der Waals surface area contributed by atoms with E-state index in [-0.39, 0.29) is 18.5 Å². The molecule has 0 saturated carbocycles. The van der Waals surface area contributed by atoms with Crippen molar-refractivity contribution in [1.29, 1.82) is 0 Å². The fourth-order valence-electron chi connectivity index (χ4n) is 3.24. The maximum atomic E-state index is 12.8. The van der Waals surface area contributed by atoms with Crippen molar-refractivity contribution in [1.82, 2.24) is 0 Å². The van der Waals surface area contributed by atoms with Crippen LogP contribution in [-0.4, -0.2) is 25.2 Å². The minimum absolute atomic E-state index is 0.130. The highest BCUT2D eigenvalue weighted by Gasteiger charge is 2.30. The number of rotatable bonds is 5. The number of carbonyl (C=O) groups is 1. The van der Waals surface area contributed by atoms with Gasteiger partial charge in [0.1, 0.15) is 0 Å². The Morgan fingerprint density at radius 3 is 2.57 bits per heavy atom. The van der Waals surface area contributed by atoms with Crippen LogP contribution < -0.4 is 4.90 Å². The number of hydrogen-bond donors (Lipinski definition) is 0. The van der Waals surface area contributed by atoms with Crippen LogP contribution >= 0.6 is 0 Å². The molecular weight excluding hydrogens is 371 g/mol. The van der Waals surface area contributed by atoms with Gasteiger partial charge in [0.2, 0.25) is 0 Å². The summed E-state index contributed by atoms with van der Waals surface area (Å²) in [6, 6.07) is 12.9. The highest BCUT2D eigenvalue weighted by Crippen LogP contribution is 2.31. The Kier molecular flexibility index (Phi) is 6.24. The minimum atomic E-state index is -4.35. The largest absolute Gasteiger partial charge is 0.466 e. The summed E-state index contributed by atoms with van der Waals surface area (Å²) in [6.45, 7) is 3.28. The van der Waals surface area contributed by atoms with Crippen molar-refractivity contribution >= 4 is 11.7 Å². The molecule has 2 aromatic rings. The molecule has 2 aromatic carbocycles. The molecule has 1 aliphatic rings. The van der Waals surface area contributed by atoms with Gasteiger partial charge in [0.15, 0.2) is 0 Å². The van der Waals surface area contributed by atoms with E-state index in [1.165, 1.54) is 12.1 Å². The van der Waals surface area contributed by atoms with Gasteiger partial charge in [-0.2, -0.15) is 13.2 Å². The second kappa shape index (κ2) is 8.65. The lowest BCUT2D eigenvalue weighted by atomic mass is 10.1. The molecule has 0 bridgehead atoms. The Hall–Kier alpha value is -2.54. The van der Waals surface area contributed by atoms with Crippen molar-refractivity contribution in [3.8, 4) is 0 Å². The van der Waals surface area contributed by atoms with Gasteiger partial charge < -0.3 is 14.4 Å². The van der Waals surface area contributed by atoms with E-state index in [1.807, 2.05) is 29.2 Å². The van der Waals surface area contributed by atoms with E-state index in [1.54, 1.807) is 6.92 Å². The Morgan fingerprint density at radius 2 is 1.89 bits per heavy atom. The smallest absolute Gasteiger partial charge is 0.416 e. The Bertz CT molecular complexity index is 805. The van der Waals surface area contributed by atoms with Gasteiger partial charge in [-0.15, -0.1) is 0 Å². The lowest BCUT2D eigenvalue weighted by molar-refractivity contribution is -0.146. The SMILES string of the molecule is CCOC(=O)CC1CN(Cc2ccc(C(F)(F)F)cc2)c2ccccc2CO1.